The van der Waals surface area contributed by atoms with Gasteiger partial charge in [0, 0.05) is 11.4 Å². The van der Waals surface area contributed by atoms with Crippen LogP contribution in [0.15, 0.2) is 48.5 Å². The van der Waals surface area contributed by atoms with Crippen LogP contribution in [-0.4, -0.2) is 12.5 Å². The molecule has 0 spiro atoms. The summed E-state index contributed by atoms with van der Waals surface area (Å²) >= 11 is 0. The van der Waals surface area contributed by atoms with Crippen molar-refractivity contribution in [3.05, 3.63) is 59.9 Å². The molecule has 0 bridgehead atoms. The van der Waals surface area contributed by atoms with Gasteiger partial charge in [-0.2, -0.15) is 5.26 Å². The van der Waals surface area contributed by atoms with E-state index in [1.807, 2.05) is 6.07 Å². The van der Waals surface area contributed by atoms with Crippen LogP contribution in [0.4, 0.5) is 15.8 Å². The molecule has 4 nitrogen and oxygen atoms in total. The predicted octanol–water partition coefficient (Wildman–Crippen LogP) is 2.75. The number of halogens is 1. The number of nitriles is 1. The molecule has 0 saturated carbocycles. The van der Waals surface area contributed by atoms with Crippen molar-refractivity contribution in [2.24, 2.45) is 0 Å². The molecule has 1 amide bonds. The van der Waals surface area contributed by atoms with Crippen molar-refractivity contribution in [1.82, 2.24) is 0 Å². The summed E-state index contributed by atoms with van der Waals surface area (Å²) in [5, 5.41) is 14.2. The van der Waals surface area contributed by atoms with Gasteiger partial charge < -0.3 is 10.6 Å². The maximum atomic E-state index is 12.7. The van der Waals surface area contributed by atoms with Crippen molar-refractivity contribution in [2.75, 3.05) is 17.2 Å². The number of carbonyl (C=O) groups excluding carboxylic acids is 1. The second-order valence-corrected chi connectivity index (χ2v) is 4.10. The highest BCUT2D eigenvalue weighted by Gasteiger charge is 2.02. The van der Waals surface area contributed by atoms with E-state index in [1.165, 1.54) is 12.1 Å². The smallest absolute Gasteiger partial charge is 0.243 e. The first-order valence-corrected chi connectivity index (χ1v) is 5.97. The van der Waals surface area contributed by atoms with Gasteiger partial charge in [-0.3, -0.25) is 4.79 Å². The lowest BCUT2D eigenvalue weighted by Crippen LogP contribution is -2.21. The van der Waals surface area contributed by atoms with Crippen LogP contribution in [0.25, 0.3) is 0 Å². The number of nitrogens with one attached hydrogen (secondary N) is 2. The van der Waals surface area contributed by atoms with Gasteiger partial charge in [-0.15, -0.1) is 0 Å². The number of rotatable bonds is 4. The molecule has 2 aromatic carbocycles. The van der Waals surface area contributed by atoms with E-state index in [0.29, 0.717) is 16.9 Å². The fourth-order valence-electron chi connectivity index (χ4n) is 1.58. The summed E-state index contributed by atoms with van der Waals surface area (Å²) in [6, 6.07) is 14.3. The molecule has 0 aliphatic heterocycles. The van der Waals surface area contributed by atoms with Crippen LogP contribution in [0.2, 0.25) is 0 Å². The molecular weight excluding hydrogens is 257 g/mol. The minimum Gasteiger partial charge on any atom is -0.376 e. The molecule has 0 heterocycles. The minimum atomic E-state index is -0.322. The number of carbonyl (C=O) groups is 1. The molecule has 2 N–H and O–H groups in total. The molecule has 0 aromatic heterocycles. The van der Waals surface area contributed by atoms with Crippen molar-refractivity contribution in [1.29, 1.82) is 5.26 Å². The SMILES string of the molecule is N#Cc1ccc(NC(=O)CNc2ccc(F)cc2)cc1. The fraction of sp³-hybridized carbons (Fsp3) is 0.0667. The fourth-order valence-corrected chi connectivity index (χ4v) is 1.58. The van der Waals surface area contributed by atoms with Crippen molar-refractivity contribution in [3.8, 4) is 6.07 Å². The third-order valence-electron chi connectivity index (χ3n) is 2.60. The molecule has 20 heavy (non-hydrogen) atoms. The van der Waals surface area contributed by atoms with E-state index in [4.69, 9.17) is 5.26 Å². The molecule has 0 radical (unpaired) electrons. The summed E-state index contributed by atoms with van der Waals surface area (Å²) < 4.78 is 12.7. The molecule has 0 aliphatic rings. The van der Waals surface area contributed by atoms with Crippen LogP contribution in [0.1, 0.15) is 5.56 Å². The third kappa shape index (κ3) is 3.82. The molecule has 0 aliphatic carbocycles. The lowest BCUT2D eigenvalue weighted by atomic mass is 10.2. The van der Waals surface area contributed by atoms with Gasteiger partial charge in [0.1, 0.15) is 5.82 Å². The molecule has 2 aromatic rings. The highest BCUT2D eigenvalue weighted by molar-refractivity contribution is 5.93. The van der Waals surface area contributed by atoms with E-state index < -0.39 is 0 Å². The quantitative estimate of drug-likeness (QED) is 0.897. The topological polar surface area (TPSA) is 64.9 Å². The van der Waals surface area contributed by atoms with Crippen molar-refractivity contribution in [2.45, 2.75) is 0 Å². The van der Waals surface area contributed by atoms with Crippen LogP contribution in [0, 0.1) is 17.1 Å². The van der Waals surface area contributed by atoms with Gasteiger partial charge in [0.15, 0.2) is 0 Å². The summed E-state index contributed by atoms with van der Waals surface area (Å²) in [6.45, 7) is 0.0750. The summed E-state index contributed by atoms with van der Waals surface area (Å²) in [5.41, 5.74) is 1.82. The summed E-state index contributed by atoms with van der Waals surface area (Å²) in [5.74, 6) is -0.545. The zero-order valence-electron chi connectivity index (χ0n) is 10.6. The number of anilines is 2. The maximum absolute atomic E-state index is 12.7. The lowest BCUT2D eigenvalue weighted by Gasteiger charge is -2.07. The summed E-state index contributed by atoms with van der Waals surface area (Å²) in [6.07, 6.45) is 0. The zero-order chi connectivity index (χ0) is 14.4. The molecule has 0 atom stereocenters. The van der Waals surface area contributed by atoms with E-state index in [9.17, 15) is 9.18 Å². The van der Waals surface area contributed by atoms with Crippen LogP contribution in [-0.2, 0) is 4.79 Å². The number of hydrogen-bond donors (Lipinski definition) is 2. The van der Waals surface area contributed by atoms with Crippen molar-refractivity contribution >= 4 is 17.3 Å². The Kier molecular flexibility index (Phi) is 4.30. The Balaban J connectivity index is 1.86. The standard InChI is InChI=1S/C15H12FN3O/c16-12-3-7-13(8-4-12)18-10-15(20)19-14-5-1-11(9-17)2-6-14/h1-8,18H,10H2,(H,19,20). The lowest BCUT2D eigenvalue weighted by molar-refractivity contribution is -0.114. The highest BCUT2D eigenvalue weighted by atomic mass is 19.1. The van der Waals surface area contributed by atoms with Crippen LogP contribution in [0.3, 0.4) is 0 Å². The van der Waals surface area contributed by atoms with Gasteiger partial charge in [0.2, 0.25) is 5.91 Å². The van der Waals surface area contributed by atoms with E-state index in [1.54, 1.807) is 36.4 Å². The van der Waals surface area contributed by atoms with Crippen molar-refractivity contribution in [3.63, 3.8) is 0 Å². The van der Waals surface area contributed by atoms with Gasteiger partial charge >= 0.3 is 0 Å². The van der Waals surface area contributed by atoms with E-state index in [-0.39, 0.29) is 18.3 Å². The average Bonchev–Trinajstić information content (AvgIpc) is 2.47. The molecule has 0 unspecified atom stereocenters. The van der Waals surface area contributed by atoms with E-state index in [2.05, 4.69) is 10.6 Å². The molecule has 0 saturated heterocycles. The monoisotopic (exact) mass is 269 g/mol. The second kappa shape index (κ2) is 6.34. The Morgan fingerprint density at radius 2 is 1.65 bits per heavy atom. The molecule has 2 rings (SSSR count). The average molecular weight is 269 g/mol. The first-order valence-electron chi connectivity index (χ1n) is 5.97. The maximum Gasteiger partial charge on any atom is 0.243 e. The first-order chi connectivity index (χ1) is 9.67. The minimum absolute atomic E-state index is 0.0750. The van der Waals surface area contributed by atoms with Gasteiger partial charge in [-0.1, -0.05) is 0 Å². The third-order valence-corrected chi connectivity index (χ3v) is 2.60. The number of nitrogens with zero attached hydrogens (tertiary/aromatic N) is 1. The van der Waals surface area contributed by atoms with Crippen molar-refractivity contribution < 1.29 is 9.18 Å². The van der Waals surface area contributed by atoms with Gasteiger partial charge in [0.05, 0.1) is 18.2 Å². The van der Waals surface area contributed by atoms with Crippen LogP contribution < -0.4 is 10.6 Å². The predicted molar refractivity (Wildman–Crippen MR) is 74.7 cm³/mol. The number of benzene rings is 2. The normalized spacial score (nSPS) is 9.60. The number of hydrogen-bond acceptors (Lipinski definition) is 3. The molecular formula is C15H12FN3O. The molecule has 5 heteroatoms. The Morgan fingerprint density at radius 3 is 2.25 bits per heavy atom. The van der Waals surface area contributed by atoms with Crippen LogP contribution in [0.5, 0.6) is 0 Å². The van der Waals surface area contributed by atoms with Gasteiger partial charge in [-0.25, -0.2) is 4.39 Å². The number of amides is 1. The van der Waals surface area contributed by atoms with Gasteiger partial charge in [0.25, 0.3) is 0 Å². The Labute approximate surface area is 115 Å². The van der Waals surface area contributed by atoms with Gasteiger partial charge in [-0.05, 0) is 48.5 Å². The van der Waals surface area contributed by atoms with Crippen LogP contribution >= 0.6 is 0 Å². The Morgan fingerprint density at radius 1 is 1.05 bits per heavy atom. The highest BCUT2D eigenvalue weighted by Crippen LogP contribution is 2.10. The first kappa shape index (κ1) is 13.6. The Hall–Kier alpha value is -2.87. The second-order valence-electron chi connectivity index (χ2n) is 4.10. The van der Waals surface area contributed by atoms with E-state index >= 15 is 0 Å². The summed E-state index contributed by atoms with van der Waals surface area (Å²) in [4.78, 5) is 11.7. The Bertz CT molecular complexity index is 630. The largest absolute Gasteiger partial charge is 0.376 e. The molecule has 100 valence electrons. The zero-order valence-corrected chi connectivity index (χ0v) is 10.6. The molecule has 0 fully saturated rings. The van der Waals surface area contributed by atoms with E-state index in [0.717, 1.165) is 0 Å². The summed E-state index contributed by atoms with van der Waals surface area (Å²) in [7, 11) is 0.